The predicted octanol–water partition coefficient (Wildman–Crippen LogP) is 4.05. The van der Waals surface area contributed by atoms with Crippen LogP contribution in [0.3, 0.4) is 0 Å². The van der Waals surface area contributed by atoms with Gasteiger partial charge in [-0.15, -0.1) is 0 Å². The second-order valence-electron chi connectivity index (χ2n) is 5.54. The number of carboxylic acids is 1. The number of aryl methyl sites for hydroxylation is 1. The molecular formula is C15H12ClF4N3O5. The van der Waals surface area contributed by atoms with Crippen LogP contribution in [0, 0.1) is 15.9 Å². The Labute approximate surface area is 159 Å². The number of halogens is 5. The van der Waals surface area contributed by atoms with E-state index in [0.29, 0.717) is 16.8 Å². The van der Waals surface area contributed by atoms with Crippen molar-refractivity contribution in [2.24, 2.45) is 7.05 Å². The average molecular weight is 426 g/mol. The highest BCUT2D eigenvalue weighted by atomic mass is 35.5. The van der Waals surface area contributed by atoms with E-state index in [4.69, 9.17) is 21.4 Å². The van der Waals surface area contributed by atoms with Gasteiger partial charge in [-0.25, -0.2) is 9.18 Å². The summed E-state index contributed by atoms with van der Waals surface area (Å²) in [6.07, 6.45) is -6.45. The lowest BCUT2D eigenvalue weighted by Crippen LogP contribution is -2.26. The van der Waals surface area contributed by atoms with Crippen molar-refractivity contribution in [1.29, 1.82) is 0 Å². The zero-order valence-corrected chi connectivity index (χ0v) is 15.0. The van der Waals surface area contributed by atoms with Gasteiger partial charge in [0.05, 0.1) is 9.95 Å². The fourth-order valence-electron chi connectivity index (χ4n) is 2.40. The number of carboxylic acid groups (broad SMARTS) is 1. The zero-order chi connectivity index (χ0) is 21.4. The summed E-state index contributed by atoms with van der Waals surface area (Å²) in [7, 11) is 0.931. The third-order valence-electron chi connectivity index (χ3n) is 3.67. The van der Waals surface area contributed by atoms with E-state index in [2.05, 4.69) is 5.10 Å². The van der Waals surface area contributed by atoms with E-state index in [0.717, 1.165) is 7.05 Å². The van der Waals surface area contributed by atoms with Gasteiger partial charge in [-0.05, 0) is 6.42 Å². The molecule has 1 aromatic heterocycles. The second-order valence-corrected chi connectivity index (χ2v) is 5.92. The predicted molar refractivity (Wildman–Crippen MR) is 87.6 cm³/mol. The van der Waals surface area contributed by atoms with Crippen LogP contribution in [-0.2, 0) is 18.0 Å². The molecule has 1 atom stereocenters. The highest BCUT2D eigenvalue weighted by Crippen LogP contribution is 2.42. The molecule has 0 bridgehead atoms. The third-order valence-corrected chi connectivity index (χ3v) is 4.03. The summed E-state index contributed by atoms with van der Waals surface area (Å²) >= 11 is 5.69. The molecule has 1 aromatic carbocycles. The standard InChI is InChI=1S/C15H12ClF4N3O5/c1-3-9(14(24)25)28-10-5-7(17)6(4-8(10)23(26)27)12-11(16)13(15(18,19)20)22(2)21-12/h4-5,9H,3H2,1-2H3,(H,24,25). The van der Waals surface area contributed by atoms with Gasteiger partial charge in [-0.1, -0.05) is 18.5 Å². The maximum Gasteiger partial charge on any atom is 0.434 e. The molecule has 0 aliphatic heterocycles. The number of nitrogens with zero attached hydrogens (tertiary/aromatic N) is 3. The molecule has 0 amide bonds. The van der Waals surface area contributed by atoms with Crippen LogP contribution in [0.1, 0.15) is 19.0 Å². The lowest BCUT2D eigenvalue weighted by molar-refractivity contribution is -0.386. The van der Waals surface area contributed by atoms with Gasteiger partial charge in [0.1, 0.15) is 11.5 Å². The molecule has 28 heavy (non-hydrogen) atoms. The minimum atomic E-state index is -4.89. The Kier molecular flexibility index (Phi) is 5.83. The van der Waals surface area contributed by atoms with E-state index in [1.807, 2.05) is 0 Å². The minimum absolute atomic E-state index is 0.0725. The van der Waals surface area contributed by atoms with Crippen LogP contribution in [0.4, 0.5) is 23.2 Å². The first kappa shape index (κ1) is 21.4. The second kappa shape index (κ2) is 7.62. The molecule has 0 spiro atoms. The first-order valence-corrected chi connectivity index (χ1v) is 7.93. The molecule has 2 aromatic rings. The molecule has 0 fully saturated rings. The maximum absolute atomic E-state index is 14.5. The van der Waals surface area contributed by atoms with Crippen molar-refractivity contribution in [3.05, 3.63) is 38.8 Å². The number of benzene rings is 1. The quantitative estimate of drug-likeness (QED) is 0.425. The van der Waals surface area contributed by atoms with E-state index in [-0.39, 0.29) is 6.42 Å². The number of carbonyl (C=O) groups is 1. The van der Waals surface area contributed by atoms with Gasteiger partial charge in [0.25, 0.3) is 0 Å². The number of rotatable bonds is 6. The van der Waals surface area contributed by atoms with Gasteiger partial charge < -0.3 is 9.84 Å². The van der Waals surface area contributed by atoms with Crippen molar-refractivity contribution < 1.29 is 37.1 Å². The Balaban J connectivity index is 2.65. The highest BCUT2D eigenvalue weighted by Gasteiger charge is 2.39. The molecular weight excluding hydrogens is 414 g/mol. The van der Waals surface area contributed by atoms with Crippen molar-refractivity contribution in [2.45, 2.75) is 25.6 Å². The molecule has 1 heterocycles. The molecule has 8 nitrogen and oxygen atoms in total. The lowest BCUT2D eigenvalue weighted by Gasteiger charge is -2.14. The number of alkyl halides is 3. The number of hydrogen-bond donors (Lipinski definition) is 1. The van der Waals surface area contributed by atoms with Gasteiger partial charge in [0.2, 0.25) is 5.75 Å². The number of ether oxygens (including phenoxy) is 1. The maximum atomic E-state index is 14.5. The van der Waals surface area contributed by atoms with Crippen molar-refractivity contribution >= 4 is 23.3 Å². The van der Waals surface area contributed by atoms with Crippen LogP contribution < -0.4 is 4.74 Å². The summed E-state index contributed by atoms with van der Waals surface area (Å²) in [6, 6.07) is 1.10. The minimum Gasteiger partial charge on any atom is -0.479 e. The topological polar surface area (TPSA) is 107 Å². The molecule has 0 saturated carbocycles. The van der Waals surface area contributed by atoms with Gasteiger partial charge in [-0.3, -0.25) is 14.8 Å². The Morgan fingerprint density at radius 2 is 2.07 bits per heavy atom. The molecule has 1 N–H and O–H groups in total. The normalized spacial score (nSPS) is 12.7. The van der Waals surface area contributed by atoms with Crippen LogP contribution in [0.5, 0.6) is 5.75 Å². The SMILES string of the molecule is CCC(Oc1cc(F)c(-c2nn(C)c(C(F)(F)F)c2Cl)cc1[N+](=O)[O-])C(=O)O. The Morgan fingerprint density at radius 1 is 1.46 bits per heavy atom. The molecule has 0 saturated heterocycles. The molecule has 1 unspecified atom stereocenters. The summed E-state index contributed by atoms with van der Waals surface area (Å²) in [5.74, 6) is -3.35. The summed E-state index contributed by atoms with van der Waals surface area (Å²) in [5, 5.41) is 22.9. The first-order valence-electron chi connectivity index (χ1n) is 7.55. The van der Waals surface area contributed by atoms with E-state index in [9.17, 15) is 32.5 Å². The largest absolute Gasteiger partial charge is 0.479 e. The number of nitro benzene ring substituents is 1. The van der Waals surface area contributed by atoms with Crippen molar-refractivity contribution in [2.75, 3.05) is 0 Å². The Bertz CT molecular complexity index is 945. The molecule has 0 aliphatic rings. The van der Waals surface area contributed by atoms with Gasteiger partial charge in [0, 0.05) is 24.7 Å². The molecule has 152 valence electrons. The van der Waals surface area contributed by atoms with Gasteiger partial charge >= 0.3 is 17.8 Å². The molecule has 0 radical (unpaired) electrons. The summed E-state index contributed by atoms with van der Waals surface area (Å²) < 4.78 is 59.0. The fraction of sp³-hybridized carbons (Fsp3) is 0.333. The van der Waals surface area contributed by atoms with E-state index in [1.54, 1.807) is 0 Å². The van der Waals surface area contributed by atoms with Crippen molar-refractivity contribution in [3.8, 4) is 17.0 Å². The van der Waals surface area contributed by atoms with Crippen LogP contribution in [0.15, 0.2) is 12.1 Å². The number of hydrogen-bond acceptors (Lipinski definition) is 5. The summed E-state index contributed by atoms with van der Waals surface area (Å²) in [4.78, 5) is 21.3. The number of aromatic nitrogens is 2. The number of aliphatic carboxylic acids is 1. The zero-order valence-electron chi connectivity index (χ0n) is 14.3. The monoisotopic (exact) mass is 425 g/mol. The lowest BCUT2D eigenvalue weighted by atomic mass is 10.1. The first-order chi connectivity index (χ1) is 12.9. The van der Waals surface area contributed by atoms with Crippen LogP contribution in [-0.4, -0.2) is 31.9 Å². The highest BCUT2D eigenvalue weighted by molar-refractivity contribution is 6.33. The summed E-state index contributed by atoms with van der Waals surface area (Å²) in [5.41, 5.74) is -3.54. The van der Waals surface area contributed by atoms with Crippen LogP contribution in [0.2, 0.25) is 5.02 Å². The Morgan fingerprint density at radius 3 is 2.50 bits per heavy atom. The fourth-order valence-corrected chi connectivity index (χ4v) is 2.77. The van der Waals surface area contributed by atoms with E-state index in [1.165, 1.54) is 6.92 Å². The molecule has 13 heteroatoms. The summed E-state index contributed by atoms with van der Waals surface area (Å²) in [6.45, 7) is 1.43. The molecule has 0 aliphatic carbocycles. The average Bonchev–Trinajstić information content (AvgIpc) is 2.86. The third kappa shape index (κ3) is 4.01. The Hall–Kier alpha value is -2.89. The number of nitro groups is 1. The van der Waals surface area contributed by atoms with Crippen LogP contribution in [0.25, 0.3) is 11.3 Å². The van der Waals surface area contributed by atoms with E-state index >= 15 is 0 Å². The van der Waals surface area contributed by atoms with E-state index < -0.39 is 62.4 Å². The van der Waals surface area contributed by atoms with Gasteiger partial charge in [0.15, 0.2) is 11.8 Å². The smallest absolute Gasteiger partial charge is 0.434 e. The molecule has 2 rings (SSSR count). The van der Waals surface area contributed by atoms with Crippen molar-refractivity contribution in [1.82, 2.24) is 9.78 Å². The van der Waals surface area contributed by atoms with Crippen molar-refractivity contribution in [3.63, 3.8) is 0 Å². The van der Waals surface area contributed by atoms with Crippen LogP contribution >= 0.6 is 11.6 Å². The van der Waals surface area contributed by atoms with Gasteiger partial charge in [-0.2, -0.15) is 18.3 Å².